The van der Waals surface area contributed by atoms with Crippen LogP contribution >= 0.6 is 0 Å². The summed E-state index contributed by atoms with van der Waals surface area (Å²) in [5, 5.41) is 8.12. The van der Waals surface area contributed by atoms with Gasteiger partial charge in [0.05, 0.1) is 30.6 Å². The maximum Gasteiger partial charge on any atom is 0.306 e. The van der Waals surface area contributed by atoms with E-state index in [0.717, 1.165) is 86.4 Å². The molecule has 0 amide bonds. The molecule has 0 radical (unpaired) electrons. The quantitative estimate of drug-likeness (QED) is 0.441. The number of carbonyl (C=O) groups is 1. The van der Waals surface area contributed by atoms with E-state index >= 15 is 0 Å². The minimum absolute atomic E-state index is 0.0768. The second kappa shape index (κ2) is 10.7. The first-order chi connectivity index (χ1) is 18.9. The van der Waals surface area contributed by atoms with Gasteiger partial charge in [-0.05, 0) is 75.0 Å². The fraction of sp³-hybridized carbons (Fsp3) is 0.516. The molecule has 206 valence electrons. The van der Waals surface area contributed by atoms with E-state index in [4.69, 9.17) is 9.72 Å². The Morgan fingerprint density at radius 2 is 1.97 bits per heavy atom. The minimum Gasteiger partial charge on any atom is -0.469 e. The number of fused-ring (bicyclic) bond motifs is 1. The van der Waals surface area contributed by atoms with E-state index in [1.54, 1.807) is 0 Å². The van der Waals surface area contributed by atoms with Crippen molar-refractivity contribution in [3.63, 3.8) is 0 Å². The van der Waals surface area contributed by atoms with Crippen molar-refractivity contribution >= 4 is 11.8 Å². The Labute approximate surface area is 231 Å². The number of methoxy groups -OCH3 is 1. The predicted octanol–water partition coefficient (Wildman–Crippen LogP) is 4.10. The van der Waals surface area contributed by atoms with Crippen LogP contribution in [-0.4, -0.2) is 76.9 Å². The van der Waals surface area contributed by atoms with E-state index in [-0.39, 0.29) is 11.9 Å². The highest BCUT2D eigenvalue weighted by molar-refractivity contribution is 5.70. The molecule has 1 aromatic carbocycles. The molecule has 0 saturated carbocycles. The molecule has 1 N–H and O–H groups in total. The summed E-state index contributed by atoms with van der Waals surface area (Å²) in [6, 6.07) is 15.0. The van der Waals surface area contributed by atoms with Gasteiger partial charge in [-0.1, -0.05) is 18.2 Å². The number of aromatic nitrogens is 3. The van der Waals surface area contributed by atoms with Gasteiger partial charge in [0.1, 0.15) is 5.82 Å². The molecule has 2 saturated heterocycles. The Bertz CT molecular complexity index is 1340. The topological polar surface area (TPSA) is 75.5 Å². The van der Waals surface area contributed by atoms with Gasteiger partial charge < -0.3 is 15.0 Å². The molecule has 6 rings (SSSR count). The standard InChI is InChI=1S/C31H40N6O2/c1-22-14-23(2)37(34-22)28-8-4-6-25(15-28)26(16-29(38)39-3)17-35-13-11-31(19-35)20-36(21-31)18-27-10-9-24-7-5-12-32-30(24)33-27/h4,6,8-10,14-15,26H,5,7,11-13,16-21H2,1-3H3,(H,32,33)/t26-/m1/s1. The van der Waals surface area contributed by atoms with Gasteiger partial charge in [0.2, 0.25) is 0 Å². The Kier molecular flexibility index (Phi) is 7.16. The van der Waals surface area contributed by atoms with Crippen LogP contribution in [0, 0.1) is 19.3 Å². The highest BCUT2D eigenvalue weighted by Gasteiger charge is 2.47. The van der Waals surface area contributed by atoms with Crippen LogP contribution in [0.15, 0.2) is 42.5 Å². The highest BCUT2D eigenvalue weighted by atomic mass is 16.5. The predicted molar refractivity (Wildman–Crippen MR) is 152 cm³/mol. The van der Waals surface area contributed by atoms with Crippen molar-refractivity contribution in [1.29, 1.82) is 0 Å². The first-order valence-electron chi connectivity index (χ1n) is 14.3. The molecule has 39 heavy (non-hydrogen) atoms. The molecule has 8 heteroatoms. The first-order valence-corrected chi connectivity index (χ1v) is 14.3. The third-order valence-corrected chi connectivity index (χ3v) is 8.69. The summed E-state index contributed by atoms with van der Waals surface area (Å²) in [6.45, 7) is 11.3. The molecule has 1 atom stereocenters. The van der Waals surface area contributed by atoms with Crippen LogP contribution in [0.5, 0.6) is 0 Å². The number of anilines is 1. The molecule has 1 spiro atoms. The average molecular weight is 529 g/mol. The zero-order valence-corrected chi connectivity index (χ0v) is 23.4. The maximum atomic E-state index is 12.4. The number of nitrogens with zero attached hydrogens (tertiary/aromatic N) is 5. The number of aryl methyl sites for hydroxylation is 3. The molecule has 0 bridgehead atoms. The van der Waals surface area contributed by atoms with Crippen molar-refractivity contribution in [3.8, 4) is 5.69 Å². The molecular weight excluding hydrogens is 488 g/mol. The zero-order chi connectivity index (χ0) is 27.0. The van der Waals surface area contributed by atoms with Crippen LogP contribution < -0.4 is 5.32 Å². The molecule has 2 aromatic heterocycles. The van der Waals surface area contributed by atoms with Gasteiger partial charge in [-0.15, -0.1) is 0 Å². The molecule has 3 aliphatic heterocycles. The Morgan fingerprint density at radius 1 is 1.13 bits per heavy atom. The van der Waals surface area contributed by atoms with E-state index in [9.17, 15) is 4.79 Å². The number of ether oxygens (including phenoxy) is 1. The second-order valence-corrected chi connectivity index (χ2v) is 11.9. The molecule has 8 nitrogen and oxygen atoms in total. The monoisotopic (exact) mass is 528 g/mol. The largest absolute Gasteiger partial charge is 0.469 e. The van der Waals surface area contributed by atoms with E-state index < -0.39 is 0 Å². The molecule has 3 aromatic rings. The smallest absolute Gasteiger partial charge is 0.306 e. The number of hydrogen-bond donors (Lipinski definition) is 1. The van der Waals surface area contributed by atoms with Gasteiger partial charge in [-0.2, -0.15) is 5.10 Å². The minimum atomic E-state index is -0.160. The summed E-state index contributed by atoms with van der Waals surface area (Å²) in [7, 11) is 1.48. The maximum absolute atomic E-state index is 12.4. The van der Waals surface area contributed by atoms with E-state index in [1.807, 2.05) is 11.6 Å². The van der Waals surface area contributed by atoms with Crippen molar-refractivity contribution in [2.24, 2.45) is 5.41 Å². The molecule has 3 aliphatic rings. The molecule has 5 heterocycles. The van der Waals surface area contributed by atoms with Crippen LogP contribution in [0.25, 0.3) is 5.69 Å². The van der Waals surface area contributed by atoms with Gasteiger partial charge in [-0.25, -0.2) is 9.67 Å². The lowest BCUT2D eigenvalue weighted by atomic mass is 9.79. The van der Waals surface area contributed by atoms with Crippen LogP contribution in [0.4, 0.5) is 5.82 Å². The van der Waals surface area contributed by atoms with Crippen LogP contribution in [0.1, 0.15) is 53.4 Å². The van der Waals surface area contributed by atoms with Crippen molar-refractivity contribution in [2.45, 2.75) is 52.0 Å². The van der Waals surface area contributed by atoms with Gasteiger partial charge in [0.25, 0.3) is 0 Å². The average Bonchev–Trinajstić information content (AvgIpc) is 3.50. The van der Waals surface area contributed by atoms with E-state index in [2.05, 4.69) is 69.6 Å². The van der Waals surface area contributed by atoms with Crippen LogP contribution in [0.2, 0.25) is 0 Å². The van der Waals surface area contributed by atoms with E-state index in [0.29, 0.717) is 11.8 Å². The summed E-state index contributed by atoms with van der Waals surface area (Å²) in [4.78, 5) is 22.4. The number of esters is 1. The number of nitrogens with one attached hydrogen (secondary N) is 1. The highest BCUT2D eigenvalue weighted by Crippen LogP contribution is 2.41. The Balaban J connectivity index is 1.10. The third kappa shape index (κ3) is 5.58. The Hall–Kier alpha value is -3.23. The summed E-state index contributed by atoms with van der Waals surface area (Å²) in [5.41, 5.74) is 7.16. The molecular formula is C31H40N6O2. The van der Waals surface area contributed by atoms with Gasteiger partial charge >= 0.3 is 5.97 Å². The second-order valence-electron chi connectivity index (χ2n) is 11.9. The zero-order valence-electron chi connectivity index (χ0n) is 23.4. The number of pyridine rings is 1. The molecule has 2 fully saturated rings. The number of carbonyl (C=O) groups excluding carboxylic acids is 1. The van der Waals surface area contributed by atoms with Crippen LogP contribution in [0.3, 0.4) is 0 Å². The van der Waals surface area contributed by atoms with Gasteiger partial charge in [0, 0.05) is 56.3 Å². The fourth-order valence-corrected chi connectivity index (χ4v) is 6.83. The van der Waals surface area contributed by atoms with Gasteiger partial charge in [0.15, 0.2) is 0 Å². The van der Waals surface area contributed by atoms with Crippen molar-refractivity contribution in [3.05, 3.63) is 70.7 Å². The third-order valence-electron chi connectivity index (χ3n) is 8.69. The normalized spacial score (nSPS) is 19.4. The van der Waals surface area contributed by atoms with Crippen molar-refractivity contribution < 1.29 is 9.53 Å². The van der Waals surface area contributed by atoms with Crippen LogP contribution in [-0.2, 0) is 22.5 Å². The SMILES string of the molecule is COC(=O)C[C@H](CN1CCC2(C1)CN(Cc1ccc3c(n1)NCCC3)C2)c1cccc(-n2nc(C)cc2C)c1. The first kappa shape index (κ1) is 26.0. The van der Waals surface area contributed by atoms with E-state index in [1.165, 1.54) is 25.5 Å². The summed E-state index contributed by atoms with van der Waals surface area (Å²) in [5.74, 6) is 1.000. The number of likely N-dealkylation sites (tertiary alicyclic amines) is 2. The number of hydrogen-bond acceptors (Lipinski definition) is 7. The van der Waals surface area contributed by atoms with Gasteiger partial charge in [-0.3, -0.25) is 9.69 Å². The van der Waals surface area contributed by atoms with Crippen molar-refractivity contribution in [1.82, 2.24) is 24.6 Å². The molecule has 0 unspecified atom stereocenters. The number of rotatable bonds is 8. The lowest BCUT2D eigenvalue weighted by Gasteiger charge is -2.48. The summed E-state index contributed by atoms with van der Waals surface area (Å²) >= 11 is 0. The summed E-state index contributed by atoms with van der Waals surface area (Å²) < 4.78 is 7.07. The summed E-state index contributed by atoms with van der Waals surface area (Å²) in [6.07, 6.45) is 3.90. The molecule has 0 aliphatic carbocycles. The lowest BCUT2D eigenvalue weighted by Crippen LogP contribution is -2.57. The van der Waals surface area contributed by atoms with Crippen molar-refractivity contribution in [2.75, 3.05) is 51.7 Å². The Morgan fingerprint density at radius 3 is 2.77 bits per heavy atom. The number of benzene rings is 1. The fourth-order valence-electron chi connectivity index (χ4n) is 6.83. The lowest BCUT2D eigenvalue weighted by molar-refractivity contribution is -0.141.